The molecular formula is C19H18BrN3O2S. The van der Waals surface area contributed by atoms with E-state index in [2.05, 4.69) is 26.2 Å². The number of fused-ring (bicyclic) bond motifs is 1. The maximum atomic E-state index is 12.8. The molecule has 3 aromatic rings. The van der Waals surface area contributed by atoms with Crippen molar-refractivity contribution in [1.82, 2.24) is 14.9 Å². The summed E-state index contributed by atoms with van der Waals surface area (Å²) >= 11 is 8.73. The molecule has 1 amide bonds. The molecule has 0 saturated carbocycles. The Labute approximate surface area is 164 Å². The first-order valence-electron chi connectivity index (χ1n) is 8.17. The molecular weight excluding hydrogens is 414 g/mol. The minimum atomic E-state index is -0.147. The lowest BCUT2D eigenvalue weighted by Gasteiger charge is -2.10. The number of halogens is 1. The van der Waals surface area contributed by atoms with Gasteiger partial charge in [0.25, 0.3) is 11.5 Å². The molecule has 0 unspecified atom stereocenters. The van der Waals surface area contributed by atoms with Crippen molar-refractivity contribution in [2.24, 2.45) is 0 Å². The van der Waals surface area contributed by atoms with Crippen molar-refractivity contribution < 1.29 is 4.79 Å². The molecule has 5 nitrogen and oxygen atoms in total. The summed E-state index contributed by atoms with van der Waals surface area (Å²) in [5, 5.41) is 3.42. The number of carbonyl (C=O) groups excluding carboxylic acids is 1. The molecule has 2 aromatic carbocycles. The van der Waals surface area contributed by atoms with E-state index in [0.29, 0.717) is 27.8 Å². The van der Waals surface area contributed by atoms with E-state index in [1.807, 2.05) is 38.1 Å². The number of nitrogens with one attached hydrogen (secondary N) is 2. The van der Waals surface area contributed by atoms with Crippen LogP contribution in [-0.4, -0.2) is 21.5 Å². The fourth-order valence-corrected chi connectivity index (χ4v) is 3.27. The highest BCUT2D eigenvalue weighted by atomic mass is 79.9. The Morgan fingerprint density at radius 1 is 1.23 bits per heavy atom. The van der Waals surface area contributed by atoms with Crippen LogP contribution in [0.2, 0.25) is 0 Å². The Kier molecular flexibility index (Phi) is 5.38. The molecule has 0 fully saturated rings. The molecule has 0 aliphatic rings. The van der Waals surface area contributed by atoms with Gasteiger partial charge < -0.3 is 10.3 Å². The van der Waals surface area contributed by atoms with Crippen LogP contribution in [-0.2, 0) is 6.54 Å². The number of amides is 1. The van der Waals surface area contributed by atoms with Crippen LogP contribution < -0.4 is 10.9 Å². The number of aromatic nitrogens is 2. The van der Waals surface area contributed by atoms with E-state index in [9.17, 15) is 9.59 Å². The van der Waals surface area contributed by atoms with E-state index in [-0.39, 0.29) is 17.5 Å². The van der Waals surface area contributed by atoms with Gasteiger partial charge in [-0.25, -0.2) is 0 Å². The second kappa shape index (κ2) is 7.55. The first-order valence-corrected chi connectivity index (χ1v) is 9.37. The van der Waals surface area contributed by atoms with Gasteiger partial charge in [0.1, 0.15) is 0 Å². The maximum absolute atomic E-state index is 12.8. The first kappa shape index (κ1) is 18.5. The highest BCUT2D eigenvalue weighted by Crippen LogP contribution is 2.16. The number of hydrogen-bond donors (Lipinski definition) is 2. The predicted octanol–water partition coefficient (Wildman–Crippen LogP) is 4.01. The van der Waals surface area contributed by atoms with Gasteiger partial charge >= 0.3 is 0 Å². The van der Waals surface area contributed by atoms with Gasteiger partial charge in [-0.1, -0.05) is 28.1 Å². The van der Waals surface area contributed by atoms with Gasteiger partial charge in [0.05, 0.1) is 17.4 Å². The highest BCUT2D eigenvalue weighted by molar-refractivity contribution is 9.10. The zero-order valence-corrected chi connectivity index (χ0v) is 16.8. The number of carbonyl (C=O) groups is 1. The molecule has 7 heteroatoms. The average Bonchev–Trinajstić information content (AvgIpc) is 2.59. The summed E-state index contributed by atoms with van der Waals surface area (Å²) < 4.78 is 2.72. The number of aromatic amines is 1. The van der Waals surface area contributed by atoms with E-state index in [4.69, 9.17) is 12.2 Å². The van der Waals surface area contributed by atoms with Crippen molar-refractivity contribution in [3.05, 3.63) is 73.2 Å². The smallest absolute Gasteiger partial charge is 0.262 e. The normalized spacial score (nSPS) is 11.1. The second-order valence-electron chi connectivity index (χ2n) is 6.34. The summed E-state index contributed by atoms with van der Waals surface area (Å²) in [7, 11) is 0. The van der Waals surface area contributed by atoms with Crippen molar-refractivity contribution in [2.75, 3.05) is 0 Å². The van der Waals surface area contributed by atoms with Crippen LogP contribution in [0, 0.1) is 4.77 Å². The predicted molar refractivity (Wildman–Crippen MR) is 109 cm³/mol. The number of nitrogens with zero attached hydrogens (tertiary/aromatic N) is 1. The third-order valence-corrected chi connectivity index (χ3v) is 4.74. The summed E-state index contributed by atoms with van der Waals surface area (Å²) in [6.45, 7) is 4.17. The standard InChI is InChI=1S/C19H18BrN3O2S/c1-11(2)21-17(24)13-5-3-12(4-6-13)10-23-18(25)15-9-14(20)7-8-16(15)22-19(23)26/h3-9,11H,10H2,1-2H3,(H,21,24)(H,22,26). The molecule has 0 radical (unpaired) electrons. The van der Waals surface area contributed by atoms with E-state index < -0.39 is 0 Å². The van der Waals surface area contributed by atoms with Gasteiger partial charge in [-0.15, -0.1) is 0 Å². The molecule has 0 atom stereocenters. The minimum Gasteiger partial charge on any atom is -0.350 e. The number of hydrogen-bond acceptors (Lipinski definition) is 3. The molecule has 26 heavy (non-hydrogen) atoms. The molecule has 1 heterocycles. The third-order valence-electron chi connectivity index (χ3n) is 3.92. The van der Waals surface area contributed by atoms with Crippen molar-refractivity contribution in [1.29, 1.82) is 0 Å². The molecule has 0 saturated heterocycles. The van der Waals surface area contributed by atoms with E-state index >= 15 is 0 Å². The Morgan fingerprint density at radius 2 is 1.92 bits per heavy atom. The second-order valence-corrected chi connectivity index (χ2v) is 7.64. The van der Waals surface area contributed by atoms with Crippen LogP contribution in [0.4, 0.5) is 0 Å². The lowest BCUT2D eigenvalue weighted by molar-refractivity contribution is 0.0943. The van der Waals surface area contributed by atoms with E-state index in [0.717, 1.165) is 10.0 Å². The fourth-order valence-electron chi connectivity index (χ4n) is 2.66. The largest absolute Gasteiger partial charge is 0.350 e. The summed E-state index contributed by atoms with van der Waals surface area (Å²) in [6.07, 6.45) is 0. The first-order chi connectivity index (χ1) is 12.3. The van der Waals surface area contributed by atoms with Crippen molar-refractivity contribution >= 4 is 45.0 Å². The summed E-state index contributed by atoms with van der Waals surface area (Å²) in [6, 6.07) is 12.7. The Bertz CT molecular complexity index is 1080. The molecule has 0 bridgehead atoms. The van der Waals surface area contributed by atoms with Crippen LogP contribution in [0.15, 0.2) is 51.7 Å². The molecule has 3 rings (SSSR count). The zero-order chi connectivity index (χ0) is 18.8. The third kappa shape index (κ3) is 3.94. The molecule has 1 aromatic heterocycles. The maximum Gasteiger partial charge on any atom is 0.262 e. The minimum absolute atomic E-state index is 0.0796. The van der Waals surface area contributed by atoms with Crippen molar-refractivity contribution in [3.63, 3.8) is 0 Å². The zero-order valence-electron chi connectivity index (χ0n) is 14.4. The lowest BCUT2D eigenvalue weighted by atomic mass is 10.1. The van der Waals surface area contributed by atoms with Gasteiger partial charge in [-0.05, 0) is 62.0 Å². The van der Waals surface area contributed by atoms with Gasteiger partial charge in [-0.3, -0.25) is 14.2 Å². The molecule has 0 aliphatic heterocycles. The van der Waals surface area contributed by atoms with Gasteiger partial charge in [0, 0.05) is 16.1 Å². The van der Waals surface area contributed by atoms with Crippen LogP contribution in [0.1, 0.15) is 29.8 Å². The summed E-state index contributed by atoms with van der Waals surface area (Å²) in [4.78, 5) is 27.9. The SMILES string of the molecule is CC(C)NC(=O)c1ccc(Cn2c(=S)[nH]c3ccc(Br)cc3c2=O)cc1. The monoisotopic (exact) mass is 431 g/mol. The topological polar surface area (TPSA) is 66.9 Å². The molecule has 134 valence electrons. The Morgan fingerprint density at radius 3 is 2.58 bits per heavy atom. The van der Waals surface area contributed by atoms with E-state index in [1.165, 1.54) is 4.57 Å². The van der Waals surface area contributed by atoms with Gasteiger partial charge in [-0.2, -0.15) is 0 Å². The average molecular weight is 432 g/mol. The number of rotatable bonds is 4. The van der Waals surface area contributed by atoms with Crippen LogP contribution in [0.5, 0.6) is 0 Å². The quantitative estimate of drug-likeness (QED) is 0.613. The van der Waals surface area contributed by atoms with Crippen LogP contribution in [0.25, 0.3) is 10.9 Å². The number of benzene rings is 2. The molecule has 0 spiro atoms. The van der Waals surface area contributed by atoms with Crippen LogP contribution >= 0.6 is 28.1 Å². The fraction of sp³-hybridized carbons (Fsp3) is 0.211. The Hall–Kier alpha value is -2.25. The summed E-state index contributed by atoms with van der Waals surface area (Å²) in [5.74, 6) is -0.114. The molecule has 2 N–H and O–H groups in total. The van der Waals surface area contributed by atoms with Gasteiger partial charge in [0.15, 0.2) is 4.77 Å². The highest BCUT2D eigenvalue weighted by Gasteiger charge is 2.09. The number of H-pyrrole nitrogens is 1. The van der Waals surface area contributed by atoms with Crippen molar-refractivity contribution in [3.8, 4) is 0 Å². The van der Waals surface area contributed by atoms with E-state index in [1.54, 1.807) is 18.2 Å². The van der Waals surface area contributed by atoms with Crippen LogP contribution in [0.3, 0.4) is 0 Å². The van der Waals surface area contributed by atoms with Crippen molar-refractivity contribution in [2.45, 2.75) is 26.4 Å². The van der Waals surface area contributed by atoms with Gasteiger partial charge in [0.2, 0.25) is 0 Å². The summed E-state index contributed by atoms with van der Waals surface area (Å²) in [5.41, 5.74) is 2.04. The Balaban J connectivity index is 1.93. The lowest BCUT2D eigenvalue weighted by Crippen LogP contribution is -2.30. The molecule has 0 aliphatic carbocycles.